The maximum atomic E-state index is 12.1. The van der Waals surface area contributed by atoms with Crippen LogP contribution in [0.2, 0.25) is 5.02 Å². The van der Waals surface area contributed by atoms with Crippen molar-refractivity contribution < 1.29 is 9.21 Å². The zero-order valence-corrected chi connectivity index (χ0v) is 12.1. The maximum absolute atomic E-state index is 12.1. The molecule has 0 aliphatic carbocycles. The third-order valence-corrected chi connectivity index (χ3v) is 4.41. The van der Waals surface area contributed by atoms with E-state index in [1.807, 2.05) is 48.5 Å². The molecule has 0 fully saturated rings. The molecule has 0 N–H and O–H groups in total. The number of carbonyl (C=O) groups is 1. The molecule has 3 rings (SSSR count). The minimum Gasteiger partial charge on any atom is -0.453 e. The number of hydrogen-bond acceptors (Lipinski definition) is 3. The molecule has 0 aliphatic rings. The summed E-state index contributed by atoms with van der Waals surface area (Å²) in [5, 5.41) is 1.61. The van der Waals surface area contributed by atoms with Crippen LogP contribution >= 0.6 is 23.4 Å². The molecule has 2 nitrogen and oxygen atoms in total. The van der Waals surface area contributed by atoms with Gasteiger partial charge in [0.15, 0.2) is 5.76 Å². The minimum absolute atomic E-state index is 0.0360. The highest BCUT2D eigenvalue weighted by Crippen LogP contribution is 2.28. The van der Waals surface area contributed by atoms with Gasteiger partial charge in [-0.15, -0.1) is 11.8 Å². The SMILES string of the molecule is O=C(CSc1ccccc1Cl)c1cc2ccccc2o1. The van der Waals surface area contributed by atoms with E-state index in [2.05, 4.69) is 0 Å². The highest BCUT2D eigenvalue weighted by atomic mass is 35.5. The normalized spacial score (nSPS) is 10.8. The van der Waals surface area contributed by atoms with E-state index >= 15 is 0 Å². The summed E-state index contributed by atoms with van der Waals surface area (Å²) in [6.07, 6.45) is 0. The van der Waals surface area contributed by atoms with Gasteiger partial charge in [0.1, 0.15) is 5.58 Å². The van der Waals surface area contributed by atoms with Crippen molar-refractivity contribution in [3.05, 3.63) is 65.4 Å². The minimum atomic E-state index is -0.0360. The van der Waals surface area contributed by atoms with Crippen LogP contribution in [0.1, 0.15) is 10.6 Å². The zero-order valence-electron chi connectivity index (χ0n) is 10.5. The van der Waals surface area contributed by atoms with Gasteiger partial charge in [-0.25, -0.2) is 0 Å². The molecule has 20 heavy (non-hydrogen) atoms. The number of hydrogen-bond donors (Lipinski definition) is 0. The molecule has 4 heteroatoms. The van der Waals surface area contributed by atoms with Crippen molar-refractivity contribution in [1.82, 2.24) is 0 Å². The van der Waals surface area contributed by atoms with Crippen LogP contribution in [0, 0.1) is 0 Å². The van der Waals surface area contributed by atoms with Gasteiger partial charge >= 0.3 is 0 Å². The molecule has 0 radical (unpaired) electrons. The number of benzene rings is 2. The second kappa shape index (κ2) is 5.73. The van der Waals surface area contributed by atoms with Crippen molar-refractivity contribution in [2.24, 2.45) is 0 Å². The van der Waals surface area contributed by atoms with Crippen LogP contribution in [0.15, 0.2) is 63.9 Å². The second-order valence-corrected chi connectivity index (χ2v) is 5.72. The molecule has 0 amide bonds. The summed E-state index contributed by atoms with van der Waals surface area (Å²) >= 11 is 7.48. The fourth-order valence-corrected chi connectivity index (χ4v) is 3.00. The number of thioether (sulfide) groups is 1. The number of ketones is 1. The molecule has 1 heterocycles. The molecule has 0 atom stereocenters. The lowest BCUT2D eigenvalue weighted by atomic mass is 10.2. The van der Waals surface area contributed by atoms with Gasteiger partial charge in [-0.3, -0.25) is 4.79 Å². The Balaban J connectivity index is 1.75. The molecule has 0 saturated heterocycles. The van der Waals surface area contributed by atoms with Crippen molar-refractivity contribution in [1.29, 1.82) is 0 Å². The Morgan fingerprint density at radius 2 is 1.85 bits per heavy atom. The van der Waals surface area contributed by atoms with Crippen LogP contribution in [0.4, 0.5) is 0 Å². The van der Waals surface area contributed by atoms with Gasteiger partial charge in [0.25, 0.3) is 0 Å². The second-order valence-electron chi connectivity index (χ2n) is 4.29. The van der Waals surface area contributed by atoms with Gasteiger partial charge in [-0.05, 0) is 24.3 Å². The Morgan fingerprint density at radius 3 is 2.65 bits per heavy atom. The molecule has 2 aromatic carbocycles. The van der Waals surface area contributed by atoms with Crippen LogP contribution in [0.3, 0.4) is 0 Å². The van der Waals surface area contributed by atoms with E-state index in [0.717, 1.165) is 15.9 Å². The predicted octanol–water partition coefficient (Wildman–Crippen LogP) is 5.06. The van der Waals surface area contributed by atoms with E-state index in [9.17, 15) is 4.79 Å². The quantitative estimate of drug-likeness (QED) is 0.498. The van der Waals surface area contributed by atoms with E-state index in [0.29, 0.717) is 16.5 Å². The van der Waals surface area contributed by atoms with E-state index in [1.165, 1.54) is 11.8 Å². The van der Waals surface area contributed by atoms with Crippen molar-refractivity contribution in [2.75, 3.05) is 5.75 Å². The molecular weight excluding hydrogens is 292 g/mol. The van der Waals surface area contributed by atoms with Crippen LogP contribution in [0.25, 0.3) is 11.0 Å². The molecule has 0 aliphatic heterocycles. The third kappa shape index (κ3) is 2.74. The summed E-state index contributed by atoms with van der Waals surface area (Å²) in [6.45, 7) is 0. The first kappa shape index (κ1) is 13.3. The van der Waals surface area contributed by atoms with Crippen LogP contribution in [-0.2, 0) is 0 Å². The molecule has 0 saturated carbocycles. The molecule has 0 spiro atoms. The largest absolute Gasteiger partial charge is 0.453 e. The highest BCUT2D eigenvalue weighted by Gasteiger charge is 2.13. The first-order valence-electron chi connectivity index (χ1n) is 6.13. The summed E-state index contributed by atoms with van der Waals surface area (Å²) in [7, 11) is 0. The first-order valence-corrected chi connectivity index (χ1v) is 7.49. The van der Waals surface area contributed by atoms with E-state index in [1.54, 1.807) is 6.07 Å². The molecule has 100 valence electrons. The molecular formula is C16H11ClO2S. The number of halogens is 1. The van der Waals surface area contributed by atoms with Crippen LogP contribution in [-0.4, -0.2) is 11.5 Å². The summed E-state index contributed by atoms with van der Waals surface area (Å²) in [5.74, 6) is 0.667. The number of Topliss-reactive ketones (excluding diaryl/α,β-unsaturated/α-hetero) is 1. The van der Waals surface area contributed by atoms with Gasteiger partial charge in [-0.2, -0.15) is 0 Å². The molecule has 0 bridgehead atoms. The van der Waals surface area contributed by atoms with Gasteiger partial charge < -0.3 is 4.42 Å². The number of rotatable bonds is 4. The summed E-state index contributed by atoms with van der Waals surface area (Å²) in [6, 6.07) is 16.9. The van der Waals surface area contributed by atoms with Crippen LogP contribution in [0.5, 0.6) is 0 Å². The fraction of sp³-hybridized carbons (Fsp3) is 0.0625. The lowest BCUT2D eigenvalue weighted by Gasteiger charge is -2.01. The van der Waals surface area contributed by atoms with Crippen molar-refractivity contribution in [3.63, 3.8) is 0 Å². The Morgan fingerprint density at radius 1 is 1.10 bits per heavy atom. The summed E-state index contributed by atoms with van der Waals surface area (Å²) in [5.41, 5.74) is 0.735. The number of para-hydroxylation sites is 1. The number of furan rings is 1. The smallest absolute Gasteiger partial charge is 0.208 e. The maximum Gasteiger partial charge on any atom is 0.208 e. The van der Waals surface area contributed by atoms with Crippen molar-refractivity contribution in [3.8, 4) is 0 Å². The Hall–Kier alpha value is -1.71. The standard InChI is InChI=1S/C16H11ClO2S/c17-12-6-2-4-8-16(12)20-10-13(18)15-9-11-5-1-3-7-14(11)19-15/h1-9H,10H2. The van der Waals surface area contributed by atoms with Gasteiger partial charge in [0, 0.05) is 10.3 Å². The Kier molecular flexibility index (Phi) is 3.81. The average Bonchev–Trinajstić information content (AvgIpc) is 2.90. The van der Waals surface area contributed by atoms with Crippen molar-refractivity contribution in [2.45, 2.75) is 4.90 Å². The topological polar surface area (TPSA) is 30.2 Å². The Labute approximate surface area is 125 Å². The average molecular weight is 303 g/mol. The first-order chi connectivity index (χ1) is 9.74. The lowest BCUT2D eigenvalue weighted by Crippen LogP contribution is -2.00. The van der Waals surface area contributed by atoms with Gasteiger partial charge in [0.05, 0.1) is 10.8 Å². The van der Waals surface area contributed by atoms with E-state index < -0.39 is 0 Å². The van der Waals surface area contributed by atoms with E-state index in [4.69, 9.17) is 16.0 Å². The third-order valence-electron chi connectivity index (χ3n) is 2.90. The van der Waals surface area contributed by atoms with E-state index in [-0.39, 0.29) is 5.78 Å². The highest BCUT2D eigenvalue weighted by molar-refractivity contribution is 8.00. The predicted molar refractivity (Wildman–Crippen MR) is 82.7 cm³/mol. The lowest BCUT2D eigenvalue weighted by molar-refractivity contribution is 0.0994. The van der Waals surface area contributed by atoms with Crippen LogP contribution < -0.4 is 0 Å². The number of fused-ring (bicyclic) bond motifs is 1. The monoisotopic (exact) mass is 302 g/mol. The van der Waals surface area contributed by atoms with Crippen molar-refractivity contribution >= 4 is 40.1 Å². The number of carbonyl (C=O) groups excluding carboxylic acids is 1. The molecule has 0 unspecified atom stereocenters. The molecule has 3 aromatic rings. The Bertz CT molecular complexity index is 731. The summed E-state index contributed by atoms with van der Waals surface area (Å²) < 4.78 is 5.55. The fourth-order valence-electron chi connectivity index (χ4n) is 1.90. The molecule has 1 aromatic heterocycles. The van der Waals surface area contributed by atoms with Gasteiger partial charge in [0.2, 0.25) is 5.78 Å². The van der Waals surface area contributed by atoms with Gasteiger partial charge in [-0.1, -0.05) is 41.9 Å². The summed E-state index contributed by atoms with van der Waals surface area (Å²) in [4.78, 5) is 13.0. The zero-order chi connectivity index (χ0) is 13.9.